The number of aliphatic hydroxyl groups is 1. The van der Waals surface area contributed by atoms with Crippen molar-refractivity contribution in [3.63, 3.8) is 0 Å². The third-order valence-corrected chi connectivity index (χ3v) is 8.84. The highest BCUT2D eigenvalue weighted by atomic mass is 32.2. The predicted octanol–water partition coefficient (Wildman–Crippen LogP) is 3.42. The third kappa shape index (κ3) is 5.60. The molecule has 0 saturated carbocycles. The van der Waals surface area contributed by atoms with Gasteiger partial charge in [-0.15, -0.1) is 0 Å². The maximum absolute atomic E-state index is 13.7. The van der Waals surface area contributed by atoms with Gasteiger partial charge in [0.1, 0.15) is 15.6 Å². The van der Waals surface area contributed by atoms with Crippen molar-refractivity contribution in [2.24, 2.45) is 0 Å². The molecule has 1 unspecified atom stereocenters. The lowest BCUT2D eigenvalue weighted by molar-refractivity contribution is -0.0498. The zero-order valence-corrected chi connectivity index (χ0v) is 22.4. The van der Waals surface area contributed by atoms with Crippen molar-refractivity contribution < 1.29 is 31.8 Å². The van der Waals surface area contributed by atoms with Gasteiger partial charge in [0.25, 0.3) is 5.91 Å². The number of nitrogens with zero attached hydrogens (tertiary/aromatic N) is 2. The summed E-state index contributed by atoms with van der Waals surface area (Å²) in [5.41, 5.74) is -1.28. The van der Waals surface area contributed by atoms with E-state index in [1.54, 1.807) is 39.8 Å². The minimum atomic E-state index is -3.12. The van der Waals surface area contributed by atoms with Crippen molar-refractivity contribution in [2.45, 2.75) is 64.3 Å². The van der Waals surface area contributed by atoms with Crippen LogP contribution in [0.2, 0.25) is 0 Å². The number of imidazole rings is 1. The monoisotopic (exact) mass is 551 g/mol. The van der Waals surface area contributed by atoms with Crippen molar-refractivity contribution in [2.75, 3.05) is 11.5 Å². The molecule has 1 atom stereocenters. The van der Waals surface area contributed by atoms with Crippen molar-refractivity contribution in [1.82, 2.24) is 14.5 Å². The Labute approximate surface area is 218 Å². The van der Waals surface area contributed by atoms with Gasteiger partial charge in [-0.05, 0) is 70.9 Å². The number of aromatic nitrogens is 2. The van der Waals surface area contributed by atoms with E-state index in [-0.39, 0.29) is 41.3 Å². The molecule has 9 nitrogen and oxygen atoms in total. The Balaban J connectivity index is 1.81. The summed E-state index contributed by atoms with van der Waals surface area (Å²) in [5, 5.41) is 13.7. The Morgan fingerprint density at radius 3 is 2.39 bits per heavy atom. The van der Waals surface area contributed by atoms with E-state index >= 15 is 0 Å². The maximum atomic E-state index is 13.7. The minimum Gasteiger partial charge on any atom is -0.435 e. The lowest BCUT2D eigenvalue weighted by Gasteiger charge is -2.34. The molecule has 38 heavy (non-hydrogen) atoms. The average Bonchev–Trinajstić information content (AvgIpc) is 3.10. The van der Waals surface area contributed by atoms with Crippen LogP contribution in [-0.2, 0) is 9.84 Å². The predicted molar refractivity (Wildman–Crippen MR) is 139 cm³/mol. The van der Waals surface area contributed by atoms with Crippen molar-refractivity contribution in [1.29, 1.82) is 0 Å². The molecule has 1 fully saturated rings. The molecule has 2 N–H and O–H groups in total. The Kier molecular flexibility index (Phi) is 7.17. The summed E-state index contributed by atoms with van der Waals surface area (Å²) in [5.74, 6) is -0.575. The first-order valence-corrected chi connectivity index (χ1v) is 14.0. The Morgan fingerprint density at radius 2 is 1.79 bits per heavy atom. The Hall–Kier alpha value is -3.25. The summed E-state index contributed by atoms with van der Waals surface area (Å²) in [7, 11) is -3.12. The third-order valence-electron chi connectivity index (χ3n) is 7.19. The molecule has 0 spiro atoms. The molecule has 3 aromatic rings. The standard InChI is InChI=1S/C26H31F2N3O6S/c1-16(25(2,3)34)30-21-14-17(22(32)29-26(4)10-12-38(35,36)13-11-26)8-9-20(21)31(24(30)33)18-6-5-7-19(15-18)37-23(27)28/h5-9,14-16,23,34H,10-13H2,1-4H3,(H,29,32). The molecular formula is C26H31F2N3O6S. The van der Waals surface area contributed by atoms with Gasteiger partial charge in [-0.3, -0.25) is 13.9 Å². The Bertz CT molecular complexity index is 1520. The van der Waals surface area contributed by atoms with Crippen molar-refractivity contribution >= 4 is 26.8 Å². The minimum absolute atomic E-state index is 0.0113. The van der Waals surface area contributed by atoms with Crippen LogP contribution in [0.5, 0.6) is 5.75 Å². The molecule has 1 aliphatic heterocycles. The zero-order valence-electron chi connectivity index (χ0n) is 21.6. The summed E-state index contributed by atoms with van der Waals surface area (Å²) in [6, 6.07) is 9.63. The number of hydrogen-bond donors (Lipinski definition) is 2. The van der Waals surface area contributed by atoms with Gasteiger partial charge in [0.15, 0.2) is 0 Å². The number of halogens is 2. The van der Waals surface area contributed by atoms with Gasteiger partial charge in [-0.2, -0.15) is 8.78 Å². The average molecular weight is 552 g/mol. The maximum Gasteiger partial charge on any atom is 0.387 e. The van der Waals surface area contributed by atoms with Crippen LogP contribution in [0.25, 0.3) is 16.7 Å². The molecule has 12 heteroatoms. The molecule has 0 radical (unpaired) electrons. The van der Waals surface area contributed by atoms with Gasteiger partial charge in [0, 0.05) is 17.2 Å². The summed E-state index contributed by atoms with van der Waals surface area (Å²) in [6.07, 6.45) is 0.578. The zero-order chi connectivity index (χ0) is 28.0. The van der Waals surface area contributed by atoms with E-state index in [0.29, 0.717) is 11.0 Å². The van der Waals surface area contributed by atoms with Gasteiger partial charge in [0.2, 0.25) is 0 Å². The van der Waals surface area contributed by atoms with Gasteiger partial charge in [-0.1, -0.05) is 6.07 Å². The largest absolute Gasteiger partial charge is 0.435 e. The number of hydrogen-bond acceptors (Lipinski definition) is 6. The van der Waals surface area contributed by atoms with E-state index in [9.17, 15) is 31.9 Å². The van der Waals surface area contributed by atoms with Gasteiger partial charge < -0.3 is 15.2 Å². The number of amides is 1. The van der Waals surface area contributed by atoms with Crippen molar-refractivity contribution in [3.05, 3.63) is 58.5 Å². The summed E-state index contributed by atoms with van der Waals surface area (Å²) >= 11 is 0. The SMILES string of the molecule is CC(n1c(=O)n(-c2cccc(OC(F)F)c2)c2ccc(C(=O)NC3(C)CCS(=O)(=O)CC3)cc21)C(C)(C)O. The van der Waals surface area contributed by atoms with Gasteiger partial charge in [-0.25, -0.2) is 13.2 Å². The molecule has 0 aliphatic carbocycles. The van der Waals surface area contributed by atoms with Crippen LogP contribution in [0.1, 0.15) is 56.9 Å². The van der Waals surface area contributed by atoms with E-state index in [2.05, 4.69) is 10.1 Å². The number of ether oxygens (including phenoxy) is 1. The van der Waals surface area contributed by atoms with Crippen LogP contribution in [0.3, 0.4) is 0 Å². The molecule has 2 heterocycles. The lowest BCUT2D eigenvalue weighted by atomic mass is 9.94. The highest BCUT2D eigenvalue weighted by Gasteiger charge is 2.35. The van der Waals surface area contributed by atoms with Crippen LogP contribution in [-0.4, -0.2) is 57.8 Å². The second-order valence-electron chi connectivity index (χ2n) is 10.6. The van der Waals surface area contributed by atoms with E-state index < -0.39 is 45.2 Å². The fourth-order valence-corrected chi connectivity index (χ4v) is 6.29. The number of nitrogens with one attached hydrogen (secondary N) is 1. The number of carbonyl (C=O) groups is 1. The lowest BCUT2D eigenvalue weighted by Crippen LogP contribution is -2.50. The molecule has 206 valence electrons. The molecule has 1 aliphatic rings. The number of sulfone groups is 1. The van der Waals surface area contributed by atoms with Crippen LogP contribution < -0.4 is 15.7 Å². The first kappa shape index (κ1) is 27.8. The van der Waals surface area contributed by atoms with Crippen molar-refractivity contribution in [3.8, 4) is 11.4 Å². The first-order valence-electron chi connectivity index (χ1n) is 12.2. The summed E-state index contributed by atoms with van der Waals surface area (Å²) in [6.45, 7) is 3.54. The van der Waals surface area contributed by atoms with E-state index in [0.717, 1.165) is 0 Å². The number of rotatable bonds is 7. The fraction of sp³-hybridized carbons (Fsp3) is 0.462. The van der Waals surface area contributed by atoms with Crippen LogP contribution in [0.15, 0.2) is 47.3 Å². The summed E-state index contributed by atoms with van der Waals surface area (Å²) in [4.78, 5) is 26.9. The number of carbonyl (C=O) groups excluding carboxylic acids is 1. The Morgan fingerprint density at radius 1 is 1.13 bits per heavy atom. The normalized spacial score (nSPS) is 17.9. The first-order chi connectivity index (χ1) is 17.6. The smallest absolute Gasteiger partial charge is 0.387 e. The van der Waals surface area contributed by atoms with E-state index in [1.165, 1.54) is 39.5 Å². The van der Waals surface area contributed by atoms with Crippen LogP contribution >= 0.6 is 0 Å². The highest BCUT2D eigenvalue weighted by molar-refractivity contribution is 7.91. The fourth-order valence-electron chi connectivity index (χ4n) is 4.56. The molecule has 2 aromatic carbocycles. The van der Waals surface area contributed by atoms with E-state index in [1.807, 2.05) is 0 Å². The topological polar surface area (TPSA) is 120 Å². The molecule has 1 aromatic heterocycles. The second-order valence-corrected chi connectivity index (χ2v) is 12.9. The quantitative estimate of drug-likeness (QED) is 0.465. The number of alkyl halides is 2. The van der Waals surface area contributed by atoms with Gasteiger partial charge >= 0.3 is 12.3 Å². The molecule has 1 saturated heterocycles. The molecular weight excluding hydrogens is 520 g/mol. The highest BCUT2D eigenvalue weighted by Crippen LogP contribution is 2.29. The molecule has 4 rings (SSSR count). The second kappa shape index (κ2) is 9.81. The summed E-state index contributed by atoms with van der Waals surface area (Å²) < 4.78 is 56.4. The van der Waals surface area contributed by atoms with E-state index in [4.69, 9.17) is 0 Å². The number of benzene rings is 2. The van der Waals surface area contributed by atoms with Crippen LogP contribution in [0.4, 0.5) is 8.78 Å². The molecule has 0 bridgehead atoms. The molecule has 1 amide bonds. The number of fused-ring (bicyclic) bond motifs is 1. The van der Waals surface area contributed by atoms with Gasteiger partial charge in [0.05, 0.1) is 39.9 Å². The van der Waals surface area contributed by atoms with Crippen LogP contribution in [0, 0.1) is 0 Å².